The number of hydrogen-bond acceptors (Lipinski definition) is 6. The summed E-state index contributed by atoms with van der Waals surface area (Å²) in [7, 11) is 0. The largest absolute Gasteiger partial charge is 0.487 e. The van der Waals surface area contributed by atoms with Crippen molar-refractivity contribution in [2.24, 2.45) is 5.92 Å². The van der Waals surface area contributed by atoms with Crippen LogP contribution in [0.2, 0.25) is 0 Å². The number of thiophene rings is 1. The Morgan fingerprint density at radius 3 is 2.88 bits per heavy atom. The number of nitrogens with zero attached hydrogens (tertiary/aromatic N) is 2. The summed E-state index contributed by atoms with van der Waals surface area (Å²) in [6.07, 6.45) is 8.26. The topological polar surface area (TPSA) is 59.1 Å². The van der Waals surface area contributed by atoms with Crippen LogP contribution in [-0.4, -0.2) is 65.1 Å². The van der Waals surface area contributed by atoms with Gasteiger partial charge in [-0.15, -0.1) is 17.9 Å². The fraction of sp³-hybridized carbons (Fsp3) is 0.500. The van der Waals surface area contributed by atoms with Crippen LogP contribution in [0.25, 0.3) is 6.08 Å². The minimum atomic E-state index is -0.716. The molecule has 2 aliphatic carbocycles. The number of carbonyl (C=O) groups is 2. The van der Waals surface area contributed by atoms with E-state index >= 15 is 0 Å². The summed E-state index contributed by atoms with van der Waals surface area (Å²) in [5.41, 5.74) is 1.25. The molecule has 6 nitrogen and oxygen atoms in total. The quantitative estimate of drug-likeness (QED) is 0.205. The molecule has 8 heteroatoms. The fourth-order valence-electron chi connectivity index (χ4n) is 8.16. The summed E-state index contributed by atoms with van der Waals surface area (Å²) < 4.78 is 14.5. The predicted molar refractivity (Wildman–Crippen MR) is 162 cm³/mol. The van der Waals surface area contributed by atoms with Crippen molar-refractivity contribution in [1.29, 1.82) is 0 Å². The van der Waals surface area contributed by atoms with Crippen molar-refractivity contribution < 1.29 is 19.1 Å². The highest BCUT2D eigenvalue weighted by Crippen LogP contribution is 2.65. The lowest BCUT2D eigenvalue weighted by atomic mass is 9.48. The van der Waals surface area contributed by atoms with E-state index in [0.717, 1.165) is 41.0 Å². The van der Waals surface area contributed by atoms with E-state index < -0.39 is 11.0 Å². The van der Waals surface area contributed by atoms with E-state index in [2.05, 4.69) is 59.5 Å². The van der Waals surface area contributed by atoms with Gasteiger partial charge in [0.25, 0.3) is 0 Å². The van der Waals surface area contributed by atoms with Crippen LogP contribution in [0.4, 0.5) is 0 Å². The molecule has 6 rings (SSSR count). The number of carbonyl (C=O) groups excluding carboxylic acids is 2. The standard InChI is InChI=1S/C32H37BrN2O4S/c1-5-14-34-15-13-31-29-22-7-6-8-26(29)38-30(31)25(11-12-32(31,27(34)16-22)39-21(4)36)35(18-20(2)3)28(37)10-9-24-17-23(33)19-40-24/h5-10,17,19-20,25,27,30H,1,11-16,18H2,2-4H3/b10-9+/t25-,27-,30+,31+,32-/m1/s1. The SMILES string of the molecule is C=CCN1CC[C@]23c4c5cccc4O[C@H]2[C@H](N(CC(C)C)C(=O)/C=C/c2cc(Br)cs2)CC[C@@]3(OC(C)=O)[C@H]1C5. The summed E-state index contributed by atoms with van der Waals surface area (Å²) in [5.74, 6) is 0.919. The van der Waals surface area contributed by atoms with Crippen LogP contribution in [0.5, 0.6) is 5.75 Å². The average molecular weight is 626 g/mol. The second-order valence-corrected chi connectivity index (χ2v) is 13.9. The van der Waals surface area contributed by atoms with Gasteiger partial charge in [-0.25, -0.2) is 0 Å². The van der Waals surface area contributed by atoms with Gasteiger partial charge in [0.15, 0.2) is 0 Å². The molecule has 1 aromatic carbocycles. The Bertz CT molecular complexity index is 1370. The number of rotatable bonds is 8. The van der Waals surface area contributed by atoms with Crippen molar-refractivity contribution in [2.45, 2.75) is 75.7 Å². The number of ether oxygens (including phenoxy) is 2. The summed E-state index contributed by atoms with van der Waals surface area (Å²) in [5, 5.41) is 2.02. The van der Waals surface area contributed by atoms with E-state index in [4.69, 9.17) is 9.47 Å². The van der Waals surface area contributed by atoms with Gasteiger partial charge in [0.1, 0.15) is 17.5 Å². The zero-order valence-electron chi connectivity index (χ0n) is 23.4. The second kappa shape index (κ2) is 10.4. The van der Waals surface area contributed by atoms with Crippen LogP contribution in [0, 0.1) is 5.92 Å². The van der Waals surface area contributed by atoms with Gasteiger partial charge in [0.2, 0.25) is 5.91 Å². The second-order valence-electron chi connectivity index (χ2n) is 12.0. The Hall–Kier alpha value is -2.42. The van der Waals surface area contributed by atoms with Crippen LogP contribution < -0.4 is 4.74 Å². The van der Waals surface area contributed by atoms with Gasteiger partial charge in [0, 0.05) is 52.9 Å². The third-order valence-corrected chi connectivity index (χ3v) is 11.0. The summed E-state index contributed by atoms with van der Waals surface area (Å²) in [4.78, 5) is 32.2. The zero-order valence-corrected chi connectivity index (χ0v) is 25.8. The molecule has 0 N–H and O–H groups in total. The molecule has 3 heterocycles. The third kappa shape index (κ3) is 4.21. The molecule has 0 unspecified atom stereocenters. The van der Waals surface area contributed by atoms with Crippen LogP contribution >= 0.6 is 27.3 Å². The van der Waals surface area contributed by atoms with E-state index in [9.17, 15) is 9.59 Å². The van der Waals surface area contributed by atoms with E-state index in [1.807, 2.05) is 28.5 Å². The Kier molecular flexibility index (Phi) is 7.24. The maximum atomic E-state index is 13.9. The lowest BCUT2D eigenvalue weighted by molar-refractivity contribution is -0.223. The normalized spacial score (nSPS) is 30.2. The van der Waals surface area contributed by atoms with Gasteiger partial charge in [-0.3, -0.25) is 14.5 Å². The first-order valence-electron chi connectivity index (χ1n) is 14.3. The maximum Gasteiger partial charge on any atom is 0.303 e. The molecule has 1 spiro atoms. The van der Waals surface area contributed by atoms with Crippen molar-refractivity contribution in [3.05, 3.63) is 68.9 Å². The molecule has 2 aliphatic heterocycles. The molecular weight excluding hydrogens is 588 g/mol. The van der Waals surface area contributed by atoms with E-state index in [-0.39, 0.29) is 30.1 Å². The van der Waals surface area contributed by atoms with Crippen molar-refractivity contribution >= 4 is 45.2 Å². The number of benzene rings is 1. The molecule has 40 heavy (non-hydrogen) atoms. The van der Waals surface area contributed by atoms with Crippen LogP contribution in [0.1, 0.15) is 56.0 Å². The molecule has 2 bridgehead atoms. The monoisotopic (exact) mass is 624 g/mol. The minimum absolute atomic E-state index is 0.00385. The number of likely N-dealkylation sites (tertiary alicyclic amines) is 1. The van der Waals surface area contributed by atoms with Crippen LogP contribution in [-0.2, 0) is 26.2 Å². The highest BCUT2D eigenvalue weighted by molar-refractivity contribution is 9.10. The molecule has 2 fully saturated rings. The smallest absolute Gasteiger partial charge is 0.303 e. The van der Waals surface area contributed by atoms with Crippen molar-refractivity contribution in [1.82, 2.24) is 9.80 Å². The number of halogens is 1. The molecule has 1 amide bonds. The van der Waals surface area contributed by atoms with Gasteiger partial charge in [-0.05, 0) is 71.3 Å². The summed E-state index contributed by atoms with van der Waals surface area (Å²) >= 11 is 5.11. The molecule has 1 saturated carbocycles. The van der Waals surface area contributed by atoms with Gasteiger partial charge >= 0.3 is 5.97 Å². The van der Waals surface area contributed by atoms with E-state index in [1.165, 1.54) is 18.1 Å². The van der Waals surface area contributed by atoms with Gasteiger partial charge < -0.3 is 14.4 Å². The highest BCUT2D eigenvalue weighted by atomic mass is 79.9. The molecule has 1 aromatic heterocycles. The zero-order chi connectivity index (χ0) is 28.2. The van der Waals surface area contributed by atoms with Crippen molar-refractivity contribution in [3.63, 3.8) is 0 Å². The average Bonchev–Trinajstić information content (AvgIpc) is 3.47. The van der Waals surface area contributed by atoms with Crippen LogP contribution in [0.3, 0.4) is 0 Å². The minimum Gasteiger partial charge on any atom is -0.487 e. The first kappa shape index (κ1) is 27.7. The van der Waals surface area contributed by atoms with E-state index in [1.54, 1.807) is 17.4 Å². The third-order valence-electron chi connectivity index (χ3n) is 9.31. The maximum absolute atomic E-state index is 13.9. The van der Waals surface area contributed by atoms with Gasteiger partial charge in [-0.1, -0.05) is 32.1 Å². The molecule has 1 saturated heterocycles. The number of piperidine rings is 1. The van der Waals surface area contributed by atoms with Gasteiger partial charge in [0.05, 0.1) is 17.5 Å². The predicted octanol–water partition coefficient (Wildman–Crippen LogP) is 5.99. The Labute approximate surface area is 249 Å². The molecular formula is C32H37BrN2O4S. The van der Waals surface area contributed by atoms with E-state index in [0.29, 0.717) is 25.3 Å². The molecule has 212 valence electrons. The summed E-state index contributed by atoms with van der Waals surface area (Å²) in [6, 6.07) is 8.25. The first-order chi connectivity index (χ1) is 19.2. The van der Waals surface area contributed by atoms with Crippen molar-refractivity contribution in [2.75, 3.05) is 19.6 Å². The lowest BCUT2D eigenvalue weighted by Crippen LogP contribution is -2.79. The van der Waals surface area contributed by atoms with Crippen molar-refractivity contribution in [3.8, 4) is 5.75 Å². The Morgan fingerprint density at radius 1 is 1.35 bits per heavy atom. The molecule has 5 atom stereocenters. The molecule has 2 aromatic rings. The Balaban J connectivity index is 1.45. The molecule has 4 aliphatic rings. The number of amides is 1. The highest BCUT2D eigenvalue weighted by Gasteiger charge is 2.75. The van der Waals surface area contributed by atoms with Crippen LogP contribution in [0.15, 0.2) is 52.8 Å². The molecule has 0 radical (unpaired) electrons. The summed E-state index contributed by atoms with van der Waals surface area (Å²) in [6.45, 7) is 12.1. The Morgan fingerprint density at radius 2 is 2.17 bits per heavy atom. The first-order valence-corrected chi connectivity index (χ1v) is 15.9. The fourth-order valence-corrected chi connectivity index (χ4v) is 9.50. The lowest BCUT2D eigenvalue weighted by Gasteiger charge is -2.65. The van der Waals surface area contributed by atoms with Gasteiger partial charge in [-0.2, -0.15) is 0 Å². The number of esters is 1. The number of hydrogen-bond donors (Lipinski definition) is 0.